The normalized spacial score (nSPS) is 17.5. The Labute approximate surface area is 219 Å². The summed E-state index contributed by atoms with van der Waals surface area (Å²) in [6.45, 7) is 8.57. The van der Waals surface area contributed by atoms with E-state index in [1.165, 1.54) is 16.2 Å². The zero-order valence-corrected chi connectivity index (χ0v) is 21.9. The lowest BCUT2D eigenvalue weighted by atomic mass is 9.84. The molecule has 37 heavy (non-hydrogen) atoms. The Kier molecular flexibility index (Phi) is 6.29. The molecule has 1 atom stereocenters. The molecule has 1 aliphatic rings. The summed E-state index contributed by atoms with van der Waals surface area (Å²) in [6, 6.07) is 15.5. The van der Waals surface area contributed by atoms with Gasteiger partial charge in [-0.3, -0.25) is 19.5 Å². The molecule has 1 N–H and O–H groups in total. The van der Waals surface area contributed by atoms with Crippen molar-refractivity contribution in [3.63, 3.8) is 0 Å². The Morgan fingerprint density at radius 2 is 1.89 bits per heavy atom. The van der Waals surface area contributed by atoms with Crippen LogP contribution < -0.4 is 9.64 Å². The molecule has 1 fully saturated rings. The van der Waals surface area contributed by atoms with Crippen molar-refractivity contribution >= 4 is 44.1 Å². The Morgan fingerprint density at radius 3 is 2.57 bits per heavy atom. The van der Waals surface area contributed by atoms with E-state index in [9.17, 15) is 14.7 Å². The van der Waals surface area contributed by atoms with Gasteiger partial charge in [0.2, 0.25) is 0 Å². The smallest absolute Gasteiger partial charge is 0.301 e. The molecule has 0 aliphatic carbocycles. The van der Waals surface area contributed by atoms with Crippen molar-refractivity contribution in [2.45, 2.75) is 39.2 Å². The summed E-state index contributed by atoms with van der Waals surface area (Å²) >= 11 is 1.32. The van der Waals surface area contributed by atoms with Crippen molar-refractivity contribution < 1.29 is 19.4 Å². The number of aliphatic hydroxyl groups excluding tert-OH is 1. The number of anilines is 1. The largest absolute Gasteiger partial charge is 0.507 e. The highest BCUT2D eigenvalue weighted by atomic mass is 32.1. The van der Waals surface area contributed by atoms with E-state index >= 15 is 0 Å². The first-order valence-electron chi connectivity index (χ1n) is 12.0. The minimum Gasteiger partial charge on any atom is -0.507 e. The number of rotatable bonds is 5. The summed E-state index contributed by atoms with van der Waals surface area (Å²) in [4.78, 5) is 37.1. The second kappa shape index (κ2) is 9.44. The van der Waals surface area contributed by atoms with Crippen molar-refractivity contribution in [3.05, 3.63) is 89.3 Å². The fourth-order valence-electron chi connectivity index (χ4n) is 4.55. The van der Waals surface area contributed by atoms with Crippen molar-refractivity contribution in [1.29, 1.82) is 0 Å². The van der Waals surface area contributed by atoms with Crippen molar-refractivity contribution in [2.24, 2.45) is 0 Å². The summed E-state index contributed by atoms with van der Waals surface area (Å²) in [5, 5.41) is 11.9. The van der Waals surface area contributed by atoms with Crippen LogP contribution in [0.1, 0.15) is 50.4 Å². The third kappa shape index (κ3) is 4.38. The van der Waals surface area contributed by atoms with Crippen LogP contribution in [-0.4, -0.2) is 33.4 Å². The second-order valence-electron chi connectivity index (χ2n) is 9.81. The zero-order chi connectivity index (χ0) is 26.3. The van der Waals surface area contributed by atoms with Gasteiger partial charge < -0.3 is 9.84 Å². The fourth-order valence-corrected chi connectivity index (χ4v) is 5.54. The molecular formula is C29H27N3O4S. The van der Waals surface area contributed by atoms with E-state index in [0.717, 1.165) is 15.8 Å². The number of aliphatic hydroxyl groups is 1. The summed E-state index contributed by atoms with van der Waals surface area (Å²) < 4.78 is 6.71. The highest BCUT2D eigenvalue weighted by Gasteiger charge is 2.48. The minimum absolute atomic E-state index is 0.00118. The molecule has 0 spiro atoms. The molecule has 188 valence electrons. The first kappa shape index (κ1) is 24.6. The molecular weight excluding hydrogens is 486 g/mol. The first-order valence-corrected chi connectivity index (χ1v) is 12.9. The SMILES string of the molecule is CCOc1ccc(/C(O)=C2\C(=O)C(=O)N(c3nc4ccccc4s3)C2c2cccnc2)cc1C(C)(C)C. The molecule has 1 amide bonds. The predicted octanol–water partition coefficient (Wildman–Crippen LogP) is 6.01. The number of pyridine rings is 1. The molecule has 0 saturated carbocycles. The van der Waals surface area contributed by atoms with E-state index < -0.39 is 17.7 Å². The molecule has 5 rings (SSSR count). The van der Waals surface area contributed by atoms with Gasteiger partial charge in [-0.1, -0.05) is 50.3 Å². The number of nitrogens with zero attached hydrogens (tertiary/aromatic N) is 3. The van der Waals surface area contributed by atoms with Crippen LogP contribution in [0.15, 0.2) is 72.6 Å². The van der Waals surface area contributed by atoms with Crippen LogP contribution in [0.4, 0.5) is 5.13 Å². The summed E-state index contributed by atoms with van der Waals surface area (Å²) in [5.41, 5.74) is 2.37. The third-order valence-corrected chi connectivity index (χ3v) is 7.33. The monoisotopic (exact) mass is 513 g/mol. The standard InChI is InChI=1S/C29H27N3O4S/c1-5-36-21-13-12-17(15-19(21)29(2,3)4)25(33)23-24(18-9-8-14-30-16-18)32(27(35)26(23)34)28-31-20-10-6-7-11-22(20)37-28/h6-16,24,33H,5H2,1-4H3/b25-23+. The minimum atomic E-state index is -0.876. The van der Waals surface area contributed by atoms with Crippen LogP contribution in [0.2, 0.25) is 0 Å². The number of fused-ring (bicyclic) bond motifs is 1. The molecule has 0 radical (unpaired) electrons. The van der Waals surface area contributed by atoms with Gasteiger partial charge in [0.25, 0.3) is 5.78 Å². The number of para-hydroxylation sites is 1. The maximum atomic E-state index is 13.5. The van der Waals surface area contributed by atoms with Crippen LogP contribution in [0.25, 0.3) is 16.0 Å². The van der Waals surface area contributed by atoms with Crippen LogP contribution in [0.3, 0.4) is 0 Å². The lowest BCUT2D eigenvalue weighted by molar-refractivity contribution is -0.132. The van der Waals surface area contributed by atoms with Gasteiger partial charge in [-0.2, -0.15) is 0 Å². The summed E-state index contributed by atoms with van der Waals surface area (Å²) in [7, 11) is 0. The molecule has 7 nitrogen and oxygen atoms in total. The predicted molar refractivity (Wildman–Crippen MR) is 145 cm³/mol. The molecule has 2 aromatic heterocycles. The Balaban J connectivity index is 1.71. The van der Waals surface area contributed by atoms with Crippen molar-refractivity contribution in [3.8, 4) is 5.75 Å². The molecule has 0 bridgehead atoms. The molecule has 3 heterocycles. The van der Waals surface area contributed by atoms with Crippen molar-refractivity contribution in [2.75, 3.05) is 11.5 Å². The van der Waals surface area contributed by atoms with Gasteiger partial charge >= 0.3 is 5.91 Å². The maximum Gasteiger partial charge on any atom is 0.301 e. The molecule has 1 unspecified atom stereocenters. The van der Waals surface area contributed by atoms with Crippen LogP contribution in [0, 0.1) is 0 Å². The van der Waals surface area contributed by atoms with E-state index in [-0.39, 0.29) is 16.7 Å². The lowest BCUT2D eigenvalue weighted by Crippen LogP contribution is -2.29. The zero-order valence-electron chi connectivity index (χ0n) is 21.1. The fraction of sp³-hybridized carbons (Fsp3) is 0.241. The number of aromatic nitrogens is 2. The van der Waals surface area contributed by atoms with E-state index in [0.29, 0.717) is 28.6 Å². The first-order chi connectivity index (χ1) is 17.7. The summed E-state index contributed by atoms with van der Waals surface area (Å²) in [5.74, 6) is -1.04. The highest BCUT2D eigenvalue weighted by molar-refractivity contribution is 7.22. The van der Waals surface area contributed by atoms with E-state index in [1.54, 1.807) is 36.7 Å². The molecule has 1 saturated heterocycles. The molecule has 1 aliphatic heterocycles. The number of benzene rings is 2. The van der Waals surface area contributed by atoms with E-state index in [1.807, 2.05) is 37.3 Å². The summed E-state index contributed by atoms with van der Waals surface area (Å²) in [6.07, 6.45) is 3.22. The molecule has 2 aromatic carbocycles. The van der Waals surface area contributed by atoms with Gasteiger partial charge in [-0.25, -0.2) is 4.98 Å². The van der Waals surface area contributed by atoms with Gasteiger partial charge in [0.05, 0.1) is 28.4 Å². The Bertz CT molecular complexity index is 1500. The van der Waals surface area contributed by atoms with Gasteiger partial charge in [0, 0.05) is 23.5 Å². The number of Topliss-reactive ketones (excluding diaryl/α,β-unsaturated/α-hetero) is 1. The number of hydrogen-bond acceptors (Lipinski definition) is 7. The highest BCUT2D eigenvalue weighted by Crippen LogP contribution is 2.44. The second-order valence-corrected chi connectivity index (χ2v) is 10.8. The van der Waals surface area contributed by atoms with Crippen LogP contribution in [0.5, 0.6) is 5.75 Å². The number of carbonyl (C=O) groups excluding carboxylic acids is 2. The average molecular weight is 514 g/mol. The van der Waals surface area contributed by atoms with Crippen molar-refractivity contribution in [1.82, 2.24) is 9.97 Å². The third-order valence-electron chi connectivity index (χ3n) is 6.29. The molecule has 8 heteroatoms. The Hall–Kier alpha value is -4.04. The number of ether oxygens (including phenoxy) is 1. The van der Waals surface area contributed by atoms with Gasteiger partial charge in [0.1, 0.15) is 11.5 Å². The number of carbonyl (C=O) groups is 2. The van der Waals surface area contributed by atoms with Crippen LogP contribution in [-0.2, 0) is 15.0 Å². The van der Waals surface area contributed by atoms with Gasteiger partial charge in [-0.15, -0.1) is 0 Å². The topological polar surface area (TPSA) is 92.6 Å². The number of amides is 1. The average Bonchev–Trinajstić information content (AvgIpc) is 3.42. The van der Waals surface area contributed by atoms with E-state index in [4.69, 9.17) is 4.74 Å². The molecule has 4 aromatic rings. The maximum absolute atomic E-state index is 13.5. The van der Waals surface area contributed by atoms with Gasteiger partial charge in [0.15, 0.2) is 5.13 Å². The Morgan fingerprint density at radius 1 is 1.11 bits per heavy atom. The number of thiazole rings is 1. The quantitative estimate of drug-likeness (QED) is 0.199. The lowest BCUT2D eigenvalue weighted by Gasteiger charge is -2.24. The number of hydrogen-bond donors (Lipinski definition) is 1. The van der Waals surface area contributed by atoms with Crippen LogP contribution >= 0.6 is 11.3 Å². The van der Waals surface area contributed by atoms with Gasteiger partial charge in [-0.05, 0) is 54.3 Å². The number of ketones is 1. The van der Waals surface area contributed by atoms with E-state index in [2.05, 4.69) is 30.7 Å².